The number of fused-ring (bicyclic) bond motifs is 1. The first-order chi connectivity index (χ1) is 16.2. The zero-order valence-electron chi connectivity index (χ0n) is 18.2. The number of hydrogen-bond donors (Lipinski definition) is 0. The summed E-state index contributed by atoms with van der Waals surface area (Å²) in [5, 5.41) is 6.82. The van der Waals surface area contributed by atoms with Gasteiger partial charge in [0.1, 0.15) is 5.75 Å². The van der Waals surface area contributed by atoms with Gasteiger partial charge in [0.25, 0.3) is 0 Å². The number of carbonyl (C=O) groups excluding carboxylic acids is 1. The third kappa shape index (κ3) is 4.19. The second-order valence-electron chi connectivity index (χ2n) is 7.67. The lowest BCUT2D eigenvalue weighted by molar-refractivity contribution is 0.104. The molecule has 0 aliphatic carbocycles. The molecule has 1 heterocycles. The molecular formula is C29H22N2O2. The number of para-hydroxylation sites is 1. The summed E-state index contributed by atoms with van der Waals surface area (Å²) in [4.78, 5) is 13.1. The van der Waals surface area contributed by atoms with E-state index in [-0.39, 0.29) is 5.78 Å². The van der Waals surface area contributed by atoms with Crippen molar-refractivity contribution in [2.75, 3.05) is 7.11 Å². The highest BCUT2D eigenvalue weighted by atomic mass is 16.5. The molecule has 4 heteroatoms. The van der Waals surface area contributed by atoms with Gasteiger partial charge in [0.05, 0.1) is 18.5 Å². The number of ketones is 1. The first kappa shape index (κ1) is 20.5. The van der Waals surface area contributed by atoms with Gasteiger partial charge >= 0.3 is 0 Å². The Morgan fingerprint density at radius 2 is 1.58 bits per heavy atom. The van der Waals surface area contributed by atoms with Gasteiger partial charge in [0, 0.05) is 22.9 Å². The maximum atomic E-state index is 13.1. The standard InChI is InChI=1S/C29H22N2O2/c1-33-25-17-14-22(15-18-25)29-23(20-31(30-29)24-10-3-2-4-11-24)16-19-28(32)27-13-7-9-21-8-5-6-12-26(21)27/h2-20H,1H3. The van der Waals surface area contributed by atoms with Crippen LogP contribution in [0.3, 0.4) is 0 Å². The van der Waals surface area contributed by atoms with Gasteiger partial charge in [-0.25, -0.2) is 4.68 Å². The Morgan fingerprint density at radius 3 is 2.36 bits per heavy atom. The van der Waals surface area contributed by atoms with Crippen LogP contribution in [0.1, 0.15) is 15.9 Å². The molecule has 0 N–H and O–H groups in total. The Kier molecular flexibility index (Phi) is 5.56. The maximum Gasteiger partial charge on any atom is 0.186 e. The molecular weight excluding hydrogens is 408 g/mol. The molecule has 4 nitrogen and oxygen atoms in total. The highest BCUT2D eigenvalue weighted by Gasteiger charge is 2.12. The van der Waals surface area contributed by atoms with Gasteiger partial charge in [-0.05, 0) is 59.3 Å². The molecule has 33 heavy (non-hydrogen) atoms. The lowest BCUT2D eigenvalue weighted by Gasteiger charge is -2.03. The zero-order chi connectivity index (χ0) is 22.6. The van der Waals surface area contributed by atoms with Crippen molar-refractivity contribution in [3.63, 3.8) is 0 Å². The Bertz CT molecular complexity index is 1440. The second kappa shape index (κ2) is 8.97. The summed E-state index contributed by atoms with van der Waals surface area (Å²) in [7, 11) is 1.65. The van der Waals surface area contributed by atoms with E-state index < -0.39 is 0 Å². The molecule has 5 rings (SSSR count). The van der Waals surface area contributed by atoms with E-state index in [9.17, 15) is 4.79 Å². The van der Waals surface area contributed by atoms with Crippen molar-refractivity contribution in [1.82, 2.24) is 9.78 Å². The number of allylic oxidation sites excluding steroid dienone is 1. The molecule has 0 amide bonds. The normalized spacial score (nSPS) is 11.2. The zero-order valence-corrected chi connectivity index (χ0v) is 18.2. The predicted molar refractivity (Wildman–Crippen MR) is 133 cm³/mol. The van der Waals surface area contributed by atoms with Crippen LogP contribution in [0.2, 0.25) is 0 Å². The molecule has 0 radical (unpaired) electrons. The van der Waals surface area contributed by atoms with Crippen LogP contribution in [0, 0.1) is 0 Å². The van der Waals surface area contributed by atoms with Crippen LogP contribution in [0.4, 0.5) is 0 Å². The largest absolute Gasteiger partial charge is 0.497 e. The van der Waals surface area contributed by atoms with Crippen LogP contribution in [0.25, 0.3) is 33.8 Å². The van der Waals surface area contributed by atoms with E-state index in [2.05, 4.69) is 0 Å². The molecule has 0 bridgehead atoms. The fraction of sp³-hybridized carbons (Fsp3) is 0.0345. The van der Waals surface area contributed by atoms with Crippen molar-refractivity contribution >= 4 is 22.6 Å². The first-order valence-electron chi connectivity index (χ1n) is 10.7. The quantitative estimate of drug-likeness (QED) is 0.225. The van der Waals surface area contributed by atoms with Crippen molar-refractivity contribution < 1.29 is 9.53 Å². The fourth-order valence-corrected chi connectivity index (χ4v) is 3.89. The molecule has 160 valence electrons. The van der Waals surface area contributed by atoms with Crippen LogP contribution in [-0.4, -0.2) is 22.7 Å². The number of aromatic nitrogens is 2. The van der Waals surface area contributed by atoms with Crippen LogP contribution < -0.4 is 4.74 Å². The average Bonchev–Trinajstić information content (AvgIpc) is 3.32. The van der Waals surface area contributed by atoms with Crippen LogP contribution in [0.5, 0.6) is 5.75 Å². The Morgan fingerprint density at radius 1 is 0.848 bits per heavy atom. The van der Waals surface area contributed by atoms with Crippen molar-refractivity contribution in [2.45, 2.75) is 0 Å². The monoisotopic (exact) mass is 430 g/mol. The minimum Gasteiger partial charge on any atom is -0.497 e. The van der Waals surface area contributed by atoms with Crippen molar-refractivity contribution in [3.05, 3.63) is 120 Å². The molecule has 0 aliphatic heterocycles. The number of rotatable bonds is 6. The first-order valence-corrected chi connectivity index (χ1v) is 10.7. The Hall–Kier alpha value is -4.44. The van der Waals surface area contributed by atoms with Crippen LogP contribution in [0.15, 0.2) is 109 Å². The van der Waals surface area contributed by atoms with E-state index in [4.69, 9.17) is 9.84 Å². The maximum absolute atomic E-state index is 13.1. The van der Waals surface area contributed by atoms with Gasteiger partial charge in [-0.3, -0.25) is 4.79 Å². The van der Waals surface area contributed by atoms with Gasteiger partial charge in [-0.15, -0.1) is 0 Å². The lowest BCUT2D eigenvalue weighted by atomic mass is 10.0. The Balaban J connectivity index is 1.55. The van der Waals surface area contributed by atoms with E-state index in [0.717, 1.165) is 39.0 Å². The van der Waals surface area contributed by atoms with Crippen LogP contribution in [-0.2, 0) is 0 Å². The number of carbonyl (C=O) groups is 1. The summed E-state index contributed by atoms with van der Waals surface area (Å²) in [6.45, 7) is 0. The second-order valence-corrected chi connectivity index (χ2v) is 7.67. The van der Waals surface area contributed by atoms with Crippen molar-refractivity contribution in [2.24, 2.45) is 0 Å². The number of hydrogen-bond acceptors (Lipinski definition) is 3. The molecule has 0 spiro atoms. The molecule has 0 atom stereocenters. The predicted octanol–water partition coefficient (Wildman–Crippen LogP) is 6.60. The highest BCUT2D eigenvalue weighted by molar-refractivity contribution is 6.14. The minimum absolute atomic E-state index is 0.0417. The third-order valence-corrected chi connectivity index (χ3v) is 5.60. The third-order valence-electron chi connectivity index (χ3n) is 5.60. The molecule has 0 fully saturated rings. The summed E-state index contributed by atoms with van der Waals surface area (Å²) >= 11 is 0. The summed E-state index contributed by atoms with van der Waals surface area (Å²) in [6, 6.07) is 31.4. The summed E-state index contributed by atoms with van der Waals surface area (Å²) < 4.78 is 7.12. The number of methoxy groups -OCH3 is 1. The van der Waals surface area contributed by atoms with E-state index in [0.29, 0.717) is 5.56 Å². The fourth-order valence-electron chi connectivity index (χ4n) is 3.89. The van der Waals surface area contributed by atoms with Crippen molar-refractivity contribution in [3.8, 4) is 22.7 Å². The van der Waals surface area contributed by atoms with E-state index in [1.165, 1.54) is 0 Å². The molecule has 0 saturated heterocycles. The lowest BCUT2D eigenvalue weighted by Crippen LogP contribution is -1.95. The summed E-state index contributed by atoms with van der Waals surface area (Å²) in [6.07, 6.45) is 5.42. The number of benzene rings is 4. The average molecular weight is 431 g/mol. The number of ether oxygens (including phenoxy) is 1. The Labute approximate surface area is 192 Å². The molecule has 0 saturated carbocycles. The van der Waals surface area contributed by atoms with Gasteiger partial charge in [0.15, 0.2) is 5.78 Å². The topological polar surface area (TPSA) is 44.1 Å². The summed E-state index contributed by atoms with van der Waals surface area (Å²) in [5.41, 5.74) is 4.24. The molecule has 5 aromatic rings. The number of nitrogens with zero attached hydrogens (tertiary/aromatic N) is 2. The van der Waals surface area contributed by atoms with Crippen LogP contribution >= 0.6 is 0 Å². The minimum atomic E-state index is -0.0417. The van der Waals surface area contributed by atoms with Gasteiger partial charge in [-0.2, -0.15) is 5.10 Å². The summed E-state index contributed by atoms with van der Waals surface area (Å²) in [5.74, 6) is 0.740. The molecule has 1 aromatic heterocycles. The highest BCUT2D eigenvalue weighted by Crippen LogP contribution is 2.27. The van der Waals surface area contributed by atoms with Gasteiger partial charge in [0.2, 0.25) is 0 Å². The van der Waals surface area contributed by atoms with E-state index >= 15 is 0 Å². The molecule has 4 aromatic carbocycles. The van der Waals surface area contributed by atoms with Gasteiger partial charge in [-0.1, -0.05) is 60.7 Å². The molecule has 0 aliphatic rings. The molecule has 0 unspecified atom stereocenters. The SMILES string of the molecule is COc1ccc(-c2nn(-c3ccccc3)cc2C=CC(=O)c2cccc3ccccc23)cc1. The van der Waals surface area contributed by atoms with Crippen molar-refractivity contribution in [1.29, 1.82) is 0 Å². The van der Waals surface area contributed by atoms with E-state index in [1.807, 2.05) is 114 Å². The van der Waals surface area contributed by atoms with E-state index in [1.54, 1.807) is 13.2 Å². The van der Waals surface area contributed by atoms with Gasteiger partial charge < -0.3 is 4.74 Å². The smallest absolute Gasteiger partial charge is 0.186 e.